The van der Waals surface area contributed by atoms with Crippen LogP contribution in [0.4, 0.5) is 0 Å². The van der Waals surface area contributed by atoms with Gasteiger partial charge in [0.15, 0.2) is 0 Å². The first-order valence-corrected chi connectivity index (χ1v) is 6.93. The lowest BCUT2D eigenvalue weighted by Crippen LogP contribution is -2.46. The van der Waals surface area contributed by atoms with E-state index in [0.717, 1.165) is 6.42 Å². The van der Waals surface area contributed by atoms with Crippen molar-refractivity contribution in [2.75, 3.05) is 6.54 Å². The Hall–Kier alpha value is -1.62. The molecular formula is C15H24N2O3. The van der Waals surface area contributed by atoms with E-state index in [-0.39, 0.29) is 30.5 Å². The van der Waals surface area contributed by atoms with Crippen molar-refractivity contribution in [3.63, 3.8) is 0 Å². The van der Waals surface area contributed by atoms with Gasteiger partial charge in [-0.05, 0) is 25.8 Å². The predicted molar refractivity (Wildman–Crippen MR) is 78.5 cm³/mol. The van der Waals surface area contributed by atoms with Gasteiger partial charge in [-0.1, -0.05) is 26.3 Å². The van der Waals surface area contributed by atoms with E-state index < -0.39 is 5.60 Å². The van der Waals surface area contributed by atoms with Crippen LogP contribution in [0.25, 0.3) is 0 Å². The number of pyridine rings is 1. The van der Waals surface area contributed by atoms with Crippen LogP contribution in [-0.4, -0.2) is 27.7 Å². The summed E-state index contributed by atoms with van der Waals surface area (Å²) in [6, 6.07) is 3.45. The highest BCUT2D eigenvalue weighted by atomic mass is 16.3. The van der Waals surface area contributed by atoms with Crippen molar-refractivity contribution < 1.29 is 9.90 Å². The first-order chi connectivity index (χ1) is 9.27. The third kappa shape index (κ3) is 4.20. The van der Waals surface area contributed by atoms with Crippen molar-refractivity contribution in [1.29, 1.82) is 0 Å². The number of aryl methyl sites for hydroxylation is 1. The minimum atomic E-state index is -0.942. The Kier molecular flexibility index (Phi) is 5.51. The molecule has 2 atom stereocenters. The van der Waals surface area contributed by atoms with Gasteiger partial charge in [0.05, 0.1) is 5.60 Å². The quantitative estimate of drug-likeness (QED) is 0.819. The Bertz CT molecular complexity index is 520. The summed E-state index contributed by atoms with van der Waals surface area (Å²) in [6.45, 7) is 7.51. The highest BCUT2D eigenvalue weighted by Gasteiger charge is 2.27. The smallest absolute Gasteiger partial charge is 0.253 e. The second-order valence-electron chi connectivity index (χ2n) is 5.57. The van der Waals surface area contributed by atoms with Crippen LogP contribution in [0.15, 0.2) is 23.1 Å². The minimum Gasteiger partial charge on any atom is -0.388 e. The molecule has 20 heavy (non-hydrogen) atoms. The van der Waals surface area contributed by atoms with Gasteiger partial charge in [-0.2, -0.15) is 0 Å². The monoisotopic (exact) mass is 280 g/mol. The molecular weight excluding hydrogens is 256 g/mol. The van der Waals surface area contributed by atoms with Gasteiger partial charge in [-0.15, -0.1) is 0 Å². The third-order valence-electron chi connectivity index (χ3n) is 3.84. The van der Waals surface area contributed by atoms with E-state index in [9.17, 15) is 14.7 Å². The van der Waals surface area contributed by atoms with Crippen LogP contribution in [-0.2, 0) is 11.3 Å². The summed E-state index contributed by atoms with van der Waals surface area (Å²) in [5, 5.41) is 12.9. The molecule has 1 aromatic rings. The van der Waals surface area contributed by atoms with Crippen molar-refractivity contribution in [2.45, 2.75) is 46.3 Å². The maximum Gasteiger partial charge on any atom is 0.253 e. The summed E-state index contributed by atoms with van der Waals surface area (Å²) in [5.74, 6) is -0.189. The number of hydrogen-bond donors (Lipinski definition) is 2. The first kappa shape index (κ1) is 16.4. The molecule has 1 heterocycles. The second-order valence-corrected chi connectivity index (χ2v) is 5.57. The van der Waals surface area contributed by atoms with Gasteiger partial charge < -0.3 is 15.0 Å². The fraction of sp³-hybridized carbons (Fsp3) is 0.600. The van der Waals surface area contributed by atoms with Gasteiger partial charge in [-0.25, -0.2) is 0 Å². The van der Waals surface area contributed by atoms with Crippen LogP contribution in [0.1, 0.15) is 32.8 Å². The summed E-state index contributed by atoms with van der Waals surface area (Å²) in [7, 11) is 0. The highest BCUT2D eigenvalue weighted by Crippen LogP contribution is 2.18. The van der Waals surface area contributed by atoms with Gasteiger partial charge in [0.2, 0.25) is 5.91 Å². The molecule has 0 saturated heterocycles. The first-order valence-electron chi connectivity index (χ1n) is 6.93. The van der Waals surface area contributed by atoms with E-state index in [0.29, 0.717) is 5.56 Å². The molecule has 5 nitrogen and oxygen atoms in total. The molecule has 0 spiro atoms. The Morgan fingerprint density at radius 1 is 1.55 bits per heavy atom. The van der Waals surface area contributed by atoms with Gasteiger partial charge in [0.25, 0.3) is 5.56 Å². The fourth-order valence-electron chi connectivity index (χ4n) is 1.88. The molecule has 5 heteroatoms. The number of hydrogen-bond acceptors (Lipinski definition) is 3. The molecule has 0 aromatic carbocycles. The van der Waals surface area contributed by atoms with Crippen LogP contribution in [0, 0.1) is 12.8 Å². The summed E-state index contributed by atoms with van der Waals surface area (Å²) in [4.78, 5) is 23.6. The molecule has 0 saturated carbocycles. The summed E-state index contributed by atoms with van der Waals surface area (Å²) in [6.07, 6.45) is 2.42. The topological polar surface area (TPSA) is 71.3 Å². The largest absolute Gasteiger partial charge is 0.388 e. The maximum atomic E-state index is 11.9. The van der Waals surface area contributed by atoms with E-state index in [2.05, 4.69) is 5.32 Å². The molecule has 0 aliphatic heterocycles. The second kappa shape index (κ2) is 6.70. The van der Waals surface area contributed by atoms with Gasteiger partial charge in [0.1, 0.15) is 6.54 Å². The predicted octanol–water partition coefficient (Wildman–Crippen LogP) is 1.07. The zero-order chi connectivity index (χ0) is 15.3. The zero-order valence-electron chi connectivity index (χ0n) is 12.6. The molecule has 112 valence electrons. The molecule has 2 unspecified atom stereocenters. The van der Waals surface area contributed by atoms with Crippen molar-refractivity contribution in [2.24, 2.45) is 5.92 Å². The molecule has 0 radical (unpaired) electrons. The zero-order valence-corrected chi connectivity index (χ0v) is 12.6. The minimum absolute atomic E-state index is 0.0307. The summed E-state index contributed by atoms with van der Waals surface area (Å²) >= 11 is 0. The SMILES string of the molecule is CCC(C)C(C)(O)CNC(=O)Cn1cccc(C)c1=O. The number of nitrogens with one attached hydrogen (secondary N) is 1. The van der Waals surface area contributed by atoms with Crippen LogP contribution in [0.5, 0.6) is 0 Å². The summed E-state index contributed by atoms with van der Waals surface area (Å²) < 4.78 is 1.36. The fourth-order valence-corrected chi connectivity index (χ4v) is 1.88. The Balaban J connectivity index is 2.61. The lowest BCUT2D eigenvalue weighted by atomic mass is 9.89. The van der Waals surface area contributed by atoms with Gasteiger partial charge >= 0.3 is 0 Å². The van der Waals surface area contributed by atoms with Crippen LogP contribution in [0.2, 0.25) is 0 Å². The Morgan fingerprint density at radius 3 is 2.80 bits per heavy atom. The molecule has 1 amide bonds. The van der Waals surface area contributed by atoms with Gasteiger partial charge in [0, 0.05) is 18.3 Å². The average Bonchev–Trinajstić information content (AvgIpc) is 2.41. The molecule has 0 aliphatic carbocycles. The average molecular weight is 280 g/mol. The molecule has 0 fully saturated rings. The van der Waals surface area contributed by atoms with Crippen molar-refractivity contribution in [3.8, 4) is 0 Å². The Labute approximate surface area is 119 Å². The molecule has 0 bridgehead atoms. The molecule has 2 N–H and O–H groups in total. The molecule has 1 aromatic heterocycles. The highest BCUT2D eigenvalue weighted by molar-refractivity contribution is 5.75. The number of aromatic nitrogens is 1. The lowest BCUT2D eigenvalue weighted by molar-refractivity contribution is -0.123. The van der Waals surface area contributed by atoms with E-state index in [4.69, 9.17) is 0 Å². The van der Waals surface area contributed by atoms with Crippen LogP contribution in [0.3, 0.4) is 0 Å². The number of carbonyl (C=O) groups excluding carboxylic acids is 1. The van der Waals surface area contributed by atoms with E-state index in [1.807, 2.05) is 13.8 Å². The van der Waals surface area contributed by atoms with E-state index >= 15 is 0 Å². The van der Waals surface area contributed by atoms with E-state index in [1.54, 1.807) is 32.2 Å². The van der Waals surface area contributed by atoms with E-state index in [1.165, 1.54) is 4.57 Å². The number of carbonyl (C=O) groups is 1. The van der Waals surface area contributed by atoms with Crippen LogP contribution < -0.4 is 10.9 Å². The maximum absolute atomic E-state index is 11.9. The lowest BCUT2D eigenvalue weighted by Gasteiger charge is -2.29. The van der Waals surface area contributed by atoms with Crippen molar-refractivity contribution in [3.05, 3.63) is 34.2 Å². The normalized spacial score (nSPS) is 15.4. The molecule has 0 aliphatic rings. The Morgan fingerprint density at radius 2 is 2.20 bits per heavy atom. The molecule has 1 rings (SSSR count). The van der Waals surface area contributed by atoms with Crippen molar-refractivity contribution >= 4 is 5.91 Å². The third-order valence-corrected chi connectivity index (χ3v) is 3.84. The van der Waals surface area contributed by atoms with Crippen molar-refractivity contribution in [1.82, 2.24) is 9.88 Å². The van der Waals surface area contributed by atoms with Crippen LogP contribution >= 0.6 is 0 Å². The van der Waals surface area contributed by atoms with Gasteiger partial charge in [-0.3, -0.25) is 9.59 Å². The number of aliphatic hydroxyl groups is 1. The summed E-state index contributed by atoms with van der Waals surface area (Å²) in [5.41, 5.74) is -0.509. The number of amides is 1. The number of rotatable bonds is 6. The standard InChI is InChI=1S/C15H24N2O3/c1-5-12(3)15(4,20)10-16-13(18)9-17-8-6-7-11(2)14(17)19/h6-8,12,20H,5,9-10H2,1-4H3,(H,16,18). The number of nitrogens with zero attached hydrogens (tertiary/aromatic N) is 1.